The molecule has 0 aromatic heterocycles. The van der Waals surface area contributed by atoms with Crippen LogP contribution < -0.4 is 0 Å². The lowest BCUT2D eigenvalue weighted by Gasteiger charge is -2.43. The molecule has 0 aliphatic heterocycles. The summed E-state index contributed by atoms with van der Waals surface area (Å²) in [5, 5.41) is 21.4. The molecular weight excluding hydrogens is 316 g/mol. The molecule has 24 heavy (non-hydrogen) atoms. The maximum atomic E-state index is 10.8. The second-order valence-electron chi connectivity index (χ2n) is 9.00. The average molecular weight is 359 g/mol. The van der Waals surface area contributed by atoms with Crippen molar-refractivity contribution in [2.45, 2.75) is 97.8 Å². The molecule has 0 saturated heterocycles. The average Bonchev–Trinajstić information content (AvgIpc) is 2.49. The van der Waals surface area contributed by atoms with E-state index in [2.05, 4.69) is 54.3 Å². The van der Waals surface area contributed by atoms with Gasteiger partial charge < -0.3 is 14.6 Å². The molecule has 0 saturated carbocycles. The largest absolute Gasteiger partial charge is 0.414 e. The minimum Gasteiger partial charge on any atom is -0.414 e. The molecule has 0 spiro atoms. The van der Waals surface area contributed by atoms with Crippen molar-refractivity contribution >= 4 is 8.32 Å². The third kappa shape index (κ3) is 6.29. The molecule has 0 aromatic rings. The maximum absolute atomic E-state index is 10.8. The molecule has 0 amide bonds. The molecule has 144 valence electrons. The van der Waals surface area contributed by atoms with Gasteiger partial charge in [-0.2, -0.15) is 0 Å². The minimum absolute atomic E-state index is 0.0132. The van der Waals surface area contributed by atoms with E-state index in [0.717, 1.165) is 12.8 Å². The van der Waals surface area contributed by atoms with Gasteiger partial charge in [-0.05, 0) is 24.6 Å². The van der Waals surface area contributed by atoms with Crippen LogP contribution in [0.5, 0.6) is 0 Å². The third-order valence-electron chi connectivity index (χ3n) is 5.94. The predicted molar refractivity (Wildman–Crippen MR) is 107 cm³/mol. The second kappa shape index (κ2) is 9.51. The summed E-state index contributed by atoms with van der Waals surface area (Å²) < 4.78 is 6.62. The Morgan fingerprint density at radius 2 is 1.54 bits per heavy atom. The molecule has 6 atom stereocenters. The van der Waals surface area contributed by atoms with Crippen molar-refractivity contribution in [3.05, 3.63) is 12.7 Å². The van der Waals surface area contributed by atoms with E-state index >= 15 is 0 Å². The molecule has 4 heteroatoms. The molecule has 0 aliphatic rings. The molecule has 0 radical (unpaired) electrons. The Balaban J connectivity index is 5.21. The van der Waals surface area contributed by atoms with E-state index in [-0.39, 0.29) is 28.9 Å². The SMILES string of the molecule is C=C[C@@H](C)[C@@H](O)[C@@H](C)[C@@H](O)[C@@H](C)[C@@H](CCC)O[Si](C)(C)C(C)(C)C. The third-order valence-corrected chi connectivity index (χ3v) is 10.4. The van der Waals surface area contributed by atoms with E-state index in [4.69, 9.17) is 4.43 Å². The first-order valence-electron chi connectivity index (χ1n) is 9.46. The van der Waals surface area contributed by atoms with Gasteiger partial charge >= 0.3 is 0 Å². The van der Waals surface area contributed by atoms with Gasteiger partial charge in [-0.15, -0.1) is 6.58 Å². The highest BCUT2D eigenvalue weighted by molar-refractivity contribution is 6.74. The highest BCUT2D eigenvalue weighted by Gasteiger charge is 2.42. The van der Waals surface area contributed by atoms with Gasteiger partial charge in [0, 0.05) is 17.8 Å². The number of aliphatic hydroxyl groups excluding tert-OH is 2. The zero-order valence-electron chi connectivity index (χ0n) is 17.5. The summed E-state index contributed by atoms with van der Waals surface area (Å²) in [6.45, 7) is 23.0. The smallest absolute Gasteiger partial charge is 0.192 e. The van der Waals surface area contributed by atoms with Gasteiger partial charge in [0.2, 0.25) is 0 Å². The van der Waals surface area contributed by atoms with Crippen LogP contribution >= 0.6 is 0 Å². The first-order chi connectivity index (χ1) is 10.8. The standard InChI is InChI=1S/C20H42O3Si/c1-11-13-17(23-24(9,10)20(6,7)8)15(4)19(22)16(5)18(21)14(3)12-2/h12,14-19,21-22H,2,11,13H2,1,3-10H3/t14-,15+,16-,17-,18-,19+/m1/s1. The van der Waals surface area contributed by atoms with Crippen molar-refractivity contribution in [1.29, 1.82) is 0 Å². The van der Waals surface area contributed by atoms with Gasteiger partial charge in [-0.1, -0.05) is 61.0 Å². The topological polar surface area (TPSA) is 49.7 Å². The molecule has 0 heterocycles. The van der Waals surface area contributed by atoms with E-state index in [9.17, 15) is 10.2 Å². The van der Waals surface area contributed by atoms with E-state index < -0.39 is 20.5 Å². The summed E-state index contributed by atoms with van der Waals surface area (Å²) in [5.41, 5.74) is 0. The van der Waals surface area contributed by atoms with Crippen molar-refractivity contribution in [3.63, 3.8) is 0 Å². The number of hydrogen-bond acceptors (Lipinski definition) is 3. The van der Waals surface area contributed by atoms with E-state index in [0.29, 0.717) is 0 Å². The van der Waals surface area contributed by atoms with Crippen molar-refractivity contribution < 1.29 is 14.6 Å². The van der Waals surface area contributed by atoms with Crippen LogP contribution in [0.15, 0.2) is 12.7 Å². The second-order valence-corrected chi connectivity index (χ2v) is 13.8. The lowest BCUT2D eigenvalue weighted by atomic mass is 9.81. The fraction of sp³-hybridized carbons (Fsp3) is 0.900. The maximum Gasteiger partial charge on any atom is 0.192 e. The Kier molecular flexibility index (Phi) is 9.45. The summed E-state index contributed by atoms with van der Waals surface area (Å²) in [5.74, 6) is -0.260. The molecule has 0 unspecified atom stereocenters. The summed E-state index contributed by atoms with van der Waals surface area (Å²) in [6.07, 6.45) is 2.55. The molecule has 2 N–H and O–H groups in total. The first kappa shape index (κ1) is 23.8. The minimum atomic E-state index is -1.89. The lowest BCUT2D eigenvalue weighted by Crippen LogP contribution is -2.49. The molecule has 0 aliphatic carbocycles. The van der Waals surface area contributed by atoms with Crippen molar-refractivity contribution in [2.75, 3.05) is 0 Å². The summed E-state index contributed by atoms with van der Waals surface area (Å²) >= 11 is 0. The molecule has 0 rings (SSSR count). The summed E-state index contributed by atoms with van der Waals surface area (Å²) in [4.78, 5) is 0. The van der Waals surface area contributed by atoms with Crippen LogP contribution in [0.1, 0.15) is 61.3 Å². The molecule has 0 bridgehead atoms. The van der Waals surface area contributed by atoms with Gasteiger partial charge in [0.15, 0.2) is 8.32 Å². The Labute approximate surface area is 151 Å². The lowest BCUT2D eigenvalue weighted by molar-refractivity contribution is -0.0508. The van der Waals surface area contributed by atoms with Crippen LogP contribution in [-0.4, -0.2) is 36.8 Å². The zero-order valence-corrected chi connectivity index (χ0v) is 18.5. The predicted octanol–water partition coefficient (Wildman–Crippen LogP) is 4.99. The van der Waals surface area contributed by atoms with Crippen molar-refractivity contribution in [1.82, 2.24) is 0 Å². The first-order valence-corrected chi connectivity index (χ1v) is 12.4. The van der Waals surface area contributed by atoms with Crippen LogP contribution in [0.2, 0.25) is 18.1 Å². The van der Waals surface area contributed by atoms with Crippen LogP contribution in [0, 0.1) is 17.8 Å². The molecular formula is C20H42O3Si. The number of rotatable bonds is 10. The Morgan fingerprint density at radius 1 is 1.04 bits per heavy atom. The Morgan fingerprint density at radius 3 is 1.92 bits per heavy atom. The number of aliphatic hydroxyl groups is 2. The van der Waals surface area contributed by atoms with Gasteiger partial charge in [0.25, 0.3) is 0 Å². The fourth-order valence-electron chi connectivity index (χ4n) is 2.79. The highest BCUT2D eigenvalue weighted by atomic mass is 28.4. The Hall–Kier alpha value is -0.163. The normalized spacial score (nSPS) is 20.8. The summed E-state index contributed by atoms with van der Waals surface area (Å²) in [7, 11) is -1.89. The number of hydrogen-bond donors (Lipinski definition) is 2. The van der Waals surface area contributed by atoms with Gasteiger partial charge in [-0.3, -0.25) is 0 Å². The van der Waals surface area contributed by atoms with E-state index in [1.165, 1.54) is 0 Å². The van der Waals surface area contributed by atoms with Crippen LogP contribution in [0.3, 0.4) is 0 Å². The van der Waals surface area contributed by atoms with E-state index in [1.54, 1.807) is 6.08 Å². The zero-order chi connectivity index (χ0) is 19.3. The van der Waals surface area contributed by atoms with Crippen LogP contribution in [-0.2, 0) is 4.43 Å². The van der Waals surface area contributed by atoms with Crippen molar-refractivity contribution in [3.8, 4) is 0 Å². The Bertz CT molecular complexity index is 376. The van der Waals surface area contributed by atoms with E-state index in [1.807, 2.05) is 13.8 Å². The van der Waals surface area contributed by atoms with Gasteiger partial charge in [0.1, 0.15) is 0 Å². The van der Waals surface area contributed by atoms with Crippen LogP contribution in [0.4, 0.5) is 0 Å². The van der Waals surface area contributed by atoms with Gasteiger partial charge in [-0.25, -0.2) is 0 Å². The van der Waals surface area contributed by atoms with Crippen LogP contribution in [0.25, 0.3) is 0 Å². The highest BCUT2D eigenvalue weighted by Crippen LogP contribution is 2.39. The molecule has 0 aromatic carbocycles. The van der Waals surface area contributed by atoms with Gasteiger partial charge in [0.05, 0.1) is 18.3 Å². The molecule has 3 nitrogen and oxygen atoms in total. The molecule has 0 fully saturated rings. The quantitative estimate of drug-likeness (QED) is 0.427. The monoisotopic (exact) mass is 358 g/mol. The summed E-state index contributed by atoms with van der Waals surface area (Å²) in [6, 6.07) is 0. The fourth-order valence-corrected chi connectivity index (χ4v) is 4.23. The van der Waals surface area contributed by atoms with Crippen molar-refractivity contribution in [2.24, 2.45) is 17.8 Å².